The minimum atomic E-state index is 0. The Labute approximate surface area is 163 Å². The number of amides is 1. The van der Waals surface area contributed by atoms with Crippen molar-refractivity contribution in [2.24, 2.45) is 0 Å². The van der Waals surface area contributed by atoms with Crippen molar-refractivity contribution in [1.29, 1.82) is 0 Å². The molecule has 26 heavy (non-hydrogen) atoms. The molecule has 8 heteroatoms. The van der Waals surface area contributed by atoms with E-state index in [1.165, 1.54) is 11.1 Å². The Bertz CT molecular complexity index is 784. The summed E-state index contributed by atoms with van der Waals surface area (Å²) in [5.74, 6) is 0.637. The van der Waals surface area contributed by atoms with Crippen LogP contribution in [0.15, 0.2) is 30.6 Å². The molecular formula is C18H21Cl2N5O. The smallest absolute Gasteiger partial charge is 0.253 e. The topological polar surface area (TPSA) is 70.2 Å². The van der Waals surface area contributed by atoms with Gasteiger partial charge in [-0.05, 0) is 42.6 Å². The Balaban J connectivity index is 0.00000196. The Kier molecular flexibility index (Phi) is 5.96. The summed E-state index contributed by atoms with van der Waals surface area (Å²) in [7, 11) is 0. The van der Waals surface area contributed by atoms with Crippen molar-refractivity contribution in [3.8, 4) is 0 Å². The van der Waals surface area contributed by atoms with Crippen molar-refractivity contribution in [1.82, 2.24) is 20.2 Å². The predicted molar refractivity (Wildman–Crippen MR) is 104 cm³/mol. The van der Waals surface area contributed by atoms with Crippen molar-refractivity contribution >= 4 is 35.9 Å². The van der Waals surface area contributed by atoms with E-state index >= 15 is 0 Å². The van der Waals surface area contributed by atoms with Gasteiger partial charge in [0, 0.05) is 31.2 Å². The first-order chi connectivity index (χ1) is 12.2. The van der Waals surface area contributed by atoms with Crippen LogP contribution in [0.4, 0.5) is 5.95 Å². The summed E-state index contributed by atoms with van der Waals surface area (Å²) in [6, 6.07) is 6.24. The van der Waals surface area contributed by atoms with Gasteiger partial charge in [0.2, 0.25) is 5.95 Å². The number of halogens is 2. The van der Waals surface area contributed by atoms with Crippen LogP contribution in [-0.2, 0) is 13.0 Å². The second-order valence-electron chi connectivity index (χ2n) is 6.52. The van der Waals surface area contributed by atoms with Crippen LogP contribution in [0.5, 0.6) is 0 Å². The number of rotatable bonds is 3. The summed E-state index contributed by atoms with van der Waals surface area (Å²) >= 11 is 5.80. The Morgan fingerprint density at radius 3 is 2.88 bits per heavy atom. The number of anilines is 1. The van der Waals surface area contributed by atoms with Gasteiger partial charge in [0.25, 0.3) is 5.91 Å². The minimum Gasteiger partial charge on any atom is -0.350 e. The molecule has 1 amide bonds. The molecule has 2 aliphatic heterocycles. The van der Waals surface area contributed by atoms with Crippen LogP contribution < -0.4 is 10.6 Å². The van der Waals surface area contributed by atoms with Gasteiger partial charge in [-0.15, -0.1) is 12.4 Å². The Morgan fingerprint density at radius 1 is 1.27 bits per heavy atom. The molecule has 3 heterocycles. The number of aromatic nitrogens is 2. The number of nitrogens with one attached hydrogen (secondary N) is 2. The quantitative estimate of drug-likeness (QED) is 0.838. The molecule has 0 bridgehead atoms. The Morgan fingerprint density at radius 2 is 2.08 bits per heavy atom. The number of hydrogen-bond donors (Lipinski definition) is 2. The molecule has 6 nitrogen and oxygen atoms in total. The zero-order chi connectivity index (χ0) is 17.2. The van der Waals surface area contributed by atoms with Crippen LogP contribution in [0.1, 0.15) is 27.9 Å². The van der Waals surface area contributed by atoms with E-state index in [9.17, 15) is 4.79 Å². The predicted octanol–water partition coefficient (Wildman–Crippen LogP) is 2.52. The average molecular weight is 394 g/mol. The maximum atomic E-state index is 12.8. The monoisotopic (exact) mass is 393 g/mol. The van der Waals surface area contributed by atoms with E-state index < -0.39 is 0 Å². The highest BCUT2D eigenvalue weighted by Crippen LogP contribution is 2.20. The molecule has 2 aromatic rings. The molecule has 1 aromatic carbocycles. The average Bonchev–Trinajstić information content (AvgIpc) is 3.11. The Hall–Kier alpha value is -1.89. The van der Waals surface area contributed by atoms with Crippen molar-refractivity contribution in [2.45, 2.75) is 25.4 Å². The molecule has 0 spiro atoms. The molecule has 4 rings (SSSR count). The van der Waals surface area contributed by atoms with E-state index in [4.69, 9.17) is 11.6 Å². The lowest BCUT2D eigenvalue weighted by Crippen LogP contribution is -2.32. The third-order valence-corrected chi connectivity index (χ3v) is 4.96. The van der Waals surface area contributed by atoms with E-state index in [2.05, 4.69) is 26.7 Å². The van der Waals surface area contributed by atoms with Gasteiger partial charge >= 0.3 is 0 Å². The highest BCUT2D eigenvalue weighted by atomic mass is 35.5. The normalized spacial score (nSPS) is 18.8. The fourth-order valence-electron chi connectivity index (χ4n) is 3.43. The van der Waals surface area contributed by atoms with Gasteiger partial charge in [-0.3, -0.25) is 4.79 Å². The third kappa shape index (κ3) is 4.09. The highest BCUT2D eigenvalue weighted by Gasteiger charge is 2.27. The van der Waals surface area contributed by atoms with Gasteiger partial charge in [0.1, 0.15) is 0 Å². The highest BCUT2D eigenvalue weighted by molar-refractivity contribution is 6.30. The van der Waals surface area contributed by atoms with Gasteiger partial charge in [-0.1, -0.05) is 17.7 Å². The fraction of sp³-hybridized carbons (Fsp3) is 0.389. The van der Waals surface area contributed by atoms with E-state index in [0.29, 0.717) is 17.5 Å². The second-order valence-corrected chi connectivity index (χ2v) is 6.95. The third-order valence-electron chi connectivity index (χ3n) is 4.77. The second kappa shape index (κ2) is 8.20. The molecule has 0 aliphatic carbocycles. The lowest BCUT2D eigenvalue weighted by atomic mass is 9.98. The summed E-state index contributed by atoms with van der Waals surface area (Å²) in [6.07, 6.45) is 5.04. The number of benzene rings is 1. The molecular weight excluding hydrogens is 373 g/mol. The summed E-state index contributed by atoms with van der Waals surface area (Å²) in [5, 5.41) is 7.14. The van der Waals surface area contributed by atoms with Crippen LogP contribution in [-0.4, -0.2) is 46.5 Å². The largest absolute Gasteiger partial charge is 0.350 e. The van der Waals surface area contributed by atoms with E-state index in [0.717, 1.165) is 38.0 Å². The van der Waals surface area contributed by atoms with Crippen molar-refractivity contribution in [3.05, 3.63) is 52.3 Å². The zero-order valence-electron chi connectivity index (χ0n) is 14.2. The first-order valence-electron chi connectivity index (χ1n) is 8.55. The molecule has 1 aromatic heterocycles. The van der Waals surface area contributed by atoms with E-state index in [1.807, 2.05) is 17.0 Å². The first kappa shape index (κ1) is 18.9. The standard InChI is InChI=1S/C18H20ClN5O.ClH/c19-15-9-21-18(22-10-15)23-16-4-6-24(11-16)17(25)13-2-1-12-3-5-20-8-14(12)7-13;/h1-2,7,9-10,16,20H,3-6,8,11H2,(H,21,22,23);1H/t16-;/m1./s1. The van der Waals surface area contributed by atoms with Crippen molar-refractivity contribution in [3.63, 3.8) is 0 Å². The molecule has 1 fully saturated rings. The number of nitrogens with zero attached hydrogens (tertiary/aromatic N) is 3. The zero-order valence-corrected chi connectivity index (χ0v) is 15.8. The molecule has 138 valence electrons. The molecule has 0 saturated carbocycles. The molecule has 1 saturated heterocycles. The van der Waals surface area contributed by atoms with Gasteiger partial charge in [0.15, 0.2) is 0 Å². The fourth-order valence-corrected chi connectivity index (χ4v) is 3.53. The molecule has 0 unspecified atom stereocenters. The SMILES string of the molecule is Cl.O=C(c1ccc2c(c1)CNCC2)N1CC[C@@H](Nc2ncc(Cl)cn2)C1. The van der Waals surface area contributed by atoms with E-state index in [1.54, 1.807) is 12.4 Å². The van der Waals surface area contributed by atoms with E-state index in [-0.39, 0.29) is 24.4 Å². The van der Waals surface area contributed by atoms with Crippen LogP contribution >= 0.6 is 24.0 Å². The molecule has 1 atom stereocenters. The minimum absolute atomic E-state index is 0. The summed E-state index contributed by atoms with van der Waals surface area (Å²) in [5.41, 5.74) is 3.35. The van der Waals surface area contributed by atoms with Crippen molar-refractivity contribution < 1.29 is 4.79 Å². The number of fused-ring (bicyclic) bond motifs is 1. The molecule has 2 aliphatic rings. The van der Waals surface area contributed by atoms with Gasteiger partial charge in [-0.2, -0.15) is 0 Å². The molecule has 0 radical (unpaired) electrons. The van der Waals surface area contributed by atoms with Crippen LogP contribution in [0.3, 0.4) is 0 Å². The maximum absolute atomic E-state index is 12.8. The van der Waals surface area contributed by atoms with Crippen LogP contribution in [0.2, 0.25) is 5.02 Å². The summed E-state index contributed by atoms with van der Waals surface area (Å²) in [4.78, 5) is 23.0. The van der Waals surface area contributed by atoms with Crippen LogP contribution in [0.25, 0.3) is 0 Å². The lowest BCUT2D eigenvalue weighted by Gasteiger charge is -2.20. The first-order valence-corrected chi connectivity index (χ1v) is 8.93. The lowest BCUT2D eigenvalue weighted by molar-refractivity contribution is 0.0791. The number of likely N-dealkylation sites (tertiary alicyclic amines) is 1. The van der Waals surface area contributed by atoms with Gasteiger partial charge in [0.05, 0.1) is 17.4 Å². The summed E-state index contributed by atoms with van der Waals surface area (Å²) < 4.78 is 0. The number of hydrogen-bond acceptors (Lipinski definition) is 5. The number of carbonyl (C=O) groups excluding carboxylic acids is 1. The number of carbonyl (C=O) groups is 1. The maximum Gasteiger partial charge on any atom is 0.253 e. The van der Waals surface area contributed by atoms with Gasteiger partial charge < -0.3 is 15.5 Å². The summed E-state index contributed by atoms with van der Waals surface area (Å²) in [6.45, 7) is 3.24. The van der Waals surface area contributed by atoms with Crippen molar-refractivity contribution in [2.75, 3.05) is 25.0 Å². The van der Waals surface area contributed by atoms with Gasteiger partial charge in [-0.25, -0.2) is 9.97 Å². The molecule has 2 N–H and O–H groups in total. The van der Waals surface area contributed by atoms with Crippen LogP contribution in [0, 0.1) is 0 Å².